The largest absolute Gasteiger partial charge is 0.481 e. The SMILES string of the molecule is CCOC(=O)C1=C(CN2CCOC(CC(C)(C)C(=O)O)C2)NC(c2nccn2C)=N[C@H]1c1ccc(F)cc1Cl. The van der Waals surface area contributed by atoms with Gasteiger partial charge in [-0.1, -0.05) is 17.7 Å². The second-order valence-corrected chi connectivity index (χ2v) is 10.7. The Bertz CT molecular complexity index is 1310. The number of nitrogens with zero attached hydrogens (tertiary/aromatic N) is 4. The quantitative estimate of drug-likeness (QED) is 0.448. The van der Waals surface area contributed by atoms with E-state index in [0.29, 0.717) is 55.6 Å². The summed E-state index contributed by atoms with van der Waals surface area (Å²) < 4.78 is 27.0. The first-order valence-electron chi connectivity index (χ1n) is 12.7. The number of carboxylic acids is 1. The van der Waals surface area contributed by atoms with Crippen LogP contribution in [0.25, 0.3) is 0 Å². The van der Waals surface area contributed by atoms with Gasteiger partial charge < -0.3 is 24.5 Å². The Hall–Kier alpha value is -3.28. The Balaban J connectivity index is 1.74. The molecule has 0 radical (unpaired) electrons. The zero-order chi connectivity index (χ0) is 28.3. The lowest BCUT2D eigenvalue weighted by atomic mass is 9.86. The standard InChI is InChI=1S/C27H33ClFN5O5/c1-5-38-25(35)21-20(15-34-10-11-39-17(14-34)13-27(2,3)26(36)37)31-23(24-30-8-9-33(24)4)32-22(21)18-7-6-16(29)12-19(18)28/h6-9,12,17,22H,5,10-11,13-15H2,1-4H3,(H,31,32)(H,36,37)/t17?,22-/m0/s1. The monoisotopic (exact) mass is 561 g/mol. The highest BCUT2D eigenvalue weighted by Crippen LogP contribution is 2.37. The minimum absolute atomic E-state index is 0.133. The van der Waals surface area contributed by atoms with Crippen molar-refractivity contribution in [3.8, 4) is 0 Å². The first kappa shape index (κ1) is 28.7. The van der Waals surface area contributed by atoms with E-state index in [2.05, 4.69) is 15.2 Å². The molecular weight excluding hydrogens is 529 g/mol. The number of aliphatic imine (C=N–C) groups is 1. The predicted molar refractivity (Wildman–Crippen MR) is 143 cm³/mol. The molecule has 39 heavy (non-hydrogen) atoms. The number of imidazole rings is 1. The van der Waals surface area contributed by atoms with E-state index in [1.165, 1.54) is 18.2 Å². The normalized spacial score (nSPS) is 20.4. The Morgan fingerprint density at radius 2 is 2.13 bits per heavy atom. The van der Waals surface area contributed by atoms with Crippen molar-refractivity contribution < 1.29 is 28.6 Å². The molecule has 1 unspecified atom stereocenters. The molecular formula is C27H33ClFN5O5. The lowest BCUT2D eigenvalue weighted by molar-refractivity contribution is -0.150. The summed E-state index contributed by atoms with van der Waals surface area (Å²) in [5.41, 5.74) is 0.311. The molecule has 2 aliphatic heterocycles. The van der Waals surface area contributed by atoms with Crippen LogP contribution in [0, 0.1) is 11.2 Å². The molecule has 2 atom stereocenters. The molecule has 0 saturated carbocycles. The summed E-state index contributed by atoms with van der Waals surface area (Å²) in [6, 6.07) is 3.11. The minimum atomic E-state index is -0.950. The molecule has 10 nitrogen and oxygen atoms in total. The number of nitrogens with one attached hydrogen (secondary N) is 1. The van der Waals surface area contributed by atoms with Gasteiger partial charge in [-0.15, -0.1) is 0 Å². The van der Waals surface area contributed by atoms with E-state index < -0.39 is 29.2 Å². The van der Waals surface area contributed by atoms with E-state index in [1.54, 1.807) is 37.7 Å². The number of ether oxygens (including phenoxy) is 2. The number of aryl methyl sites for hydroxylation is 1. The van der Waals surface area contributed by atoms with E-state index in [9.17, 15) is 19.1 Å². The van der Waals surface area contributed by atoms with Crippen LogP contribution >= 0.6 is 11.6 Å². The number of carboxylic acid groups (broad SMARTS) is 1. The van der Waals surface area contributed by atoms with Crippen LogP contribution in [0.5, 0.6) is 0 Å². The highest BCUT2D eigenvalue weighted by molar-refractivity contribution is 6.31. The fraction of sp³-hybridized carbons (Fsp3) is 0.481. The molecule has 0 bridgehead atoms. The van der Waals surface area contributed by atoms with Gasteiger partial charge in [-0.05, 0) is 39.3 Å². The van der Waals surface area contributed by atoms with Gasteiger partial charge in [-0.3, -0.25) is 14.7 Å². The molecule has 210 valence electrons. The van der Waals surface area contributed by atoms with Crippen LogP contribution in [0.4, 0.5) is 4.39 Å². The molecule has 2 aliphatic rings. The second-order valence-electron chi connectivity index (χ2n) is 10.3. The van der Waals surface area contributed by atoms with E-state index >= 15 is 0 Å². The summed E-state index contributed by atoms with van der Waals surface area (Å²) in [5, 5.41) is 13.0. The molecule has 4 rings (SSSR count). The lowest BCUT2D eigenvalue weighted by Crippen LogP contribution is -2.48. The van der Waals surface area contributed by atoms with Gasteiger partial charge in [0, 0.05) is 55.4 Å². The first-order chi connectivity index (χ1) is 18.5. The lowest BCUT2D eigenvalue weighted by Gasteiger charge is -2.37. The third-order valence-corrected chi connectivity index (χ3v) is 7.16. The number of morpholine rings is 1. The molecule has 1 saturated heterocycles. The maximum absolute atomic E-state index is 13.9. The summed E-state index contributed by atoms with van der Waals surface area (Å²) in [5.74, 6) is -0.991. The molecule has 3 heterocycles. The second kappa shape index (κ2) is 11.8. The van der Waals surface area contributed by atoms with Gasteiger partial charge in [-0.2, -0.15) is 0 Å². The molecule has 2 aromatic rings. The number of benzene rings is 1. The average Bonchev–Trinajstić information content (AvgIpc) is 3.29. The molecule has 0 spiro atoms. The van der Waals surface area contributed by atoms with Gasteiger partial charge in [0.15, 0.2) is 11.7 Å². The third kappa shape index (κ3) is 6.48. The van der Waals surface area contributed by atoms with Gasteiger partial charge in [0.05, 0.1) is 30.3 Å². The minimum Gasteiger partial charge on any atom is -0.481 e. The number of aromatic nitrogens is 2. The molecule has 1 aromatic carbocycles. The van der Waals surface area contributed by atoms with Crippen molar-refractivity contribution in [2.75, 3.05) is 32.8 Å². The molecule has 1 aromatic heterocycles. The first-order valence-corrected chi connectivity index (χ1v) is 13.1. The number of aliphatic carboxylic acids is 1. The fourth-order valence-electron chi connectivity index (χ4n) is 4.75. The van der Waals surface area contributed by atoms with Crippen LogP contribution < -0.4 is 5.32 Å². The number of rotatable bonds is 9. The number of halogens is 2. The maximum Gasteiger partial charge on any atom is 0.338 e. The van der Waals surface area contributed by atoms with Crippen molar-refractivity contribution in [1.29, 1.82) is 0 Å². The summed E-state index contributed by atoms with van der Waals surface area (Å²) in [6.45, 7) is 6.98. The van der Waals surface area contributed by atoms with Crippen molar-refractivity contribution in [1.82, 2.24) is 19.8 Å². The molecule has 1 fully saturated rings. The topological polar surface area (TPSA) is 118 Å². The molecule has 0 amide bonds. The number of hydrogen-bond acceptors (Lipinski definition) is 8. The van der Waals surface area contributed by atoms with Gasteiger partial charge >= 0.3 is 11.9 Å². The Kier molecular flexibility index (Phi) is 8.73. The van der Waals surface area contributed by atoms with E-state index in [4.69, 9.17) is 26.1 Å². The van der Waals surface area contributed by atoms with Crippen LogP contribution in [0.15, 0.2) is 46.9 Å². The van der Waals surface area contributed by atoms with Crippen LogP contribution in [0.1, 0.15) is 44.6 Å². The maximum atomic E-state index is 13.9. The summed E-state index contributed by atoms with van der Waals surface area (Å²) >= 11 is 6.46. The Morgan fingerprint density at radius 1 is 1.36 bits per heavy atom. The summed E-state index contributed by atoms with van der Waals surface area (Å²) in [6.07, 6.45) is 3.45. The van der Waals surface area contributed by atoms with Crippen LogP contribution in [0.3, 0.4) is 0 Å². The van der Waals surface area contributed by atoms with Crippen molar-refractivity contribution >= 4 is 29.4 Å². The fourth-order valence-corrected chi connectivity index (χ4v) is 5.02. The Labute approximate surface area is 231 Å². The highest BCUT2D eigenvalue weighted by Gasteiger charge is 2.37. The van der Waals surface area contributed by atoms with Crippen LogP contribution in [-0.4, -0.2) is 76.3 Å². The van der Waals surface area contributed by atoms with Gasteiger partial charge in [0.1, 0.15) is 11.9 Å². The highest BCUT2D eigenvalue weighted by atomic mass is 35.5. The van der Waals surface area contributed by atoms with Crippen molar-refractivity contribution in [2.24, 2.45) is 17.5 Å². The van der Waals surface area contributed by atoms with Crippen molar-refractivity contribution in [2.45, 2.75) is 39.3 Å². The number of carbonyl (C=O) groups is 2. The van der Waals surface area contributed by atoms with Gasteiger partial charge in [0.2, 0.25) is 0 Å². The molecule has 12 heteroatoms. The van der Waals surface area contributed by atoms with Crippen molar-refractivity contribution in [3.63, 3.8) is 0 Å². The zero-order valence-electron chi connectivity index (χ0n) is 22.4. The van der Waals surface area contributed by atoms with Crippen LogP contribution in [0.2, 0.25) is 5.02 Å². The zero-order valence-corrected chi connectivity index (χ0v) is 23.2. The number of hydrogen-bond donors (Lipinski definition) is 2. The van der Waals surface area contributed by atoms with E-state index in [-0.39, 0.29) is 23.3 Å². The smallest absolute Gasteiger partial charge is 0.338 e. The van der Waals surface area contributed by atoms with E-state index in [1.807, 2.05) is 7.05 Å². The summed E-state index contributed by atoms with van der Waals surface area (Å²) in [4.78, 5) is 36.3. The van der Waals surface area contributed by atoms with E-state index in [0.717, 1.165) is 0 Å². The summed E-state index contributed by atoms with van der Waals surface area (Å²) in [7, 11) is 1.83. The van der Waals surface area contributed by atoms with Gasteiger partial charge in [0.25, 0.3) is 0 Å². The van der Waals surface area contributed by atoms with Crippen LogP contribution in [-0.2, 0) is 26.1 Å². The number of esters is 1. The molecule has 0 aliphatic carbocycles. The van der Waals surface area contributed by atoms with Gasteiger partial charge in [-0.25, -0.2) is 14.2 Å². The Morgan fingerprint density at radius 3 is 2.77 bits per heavy atom. The van der Waals surface area contributed by atoms with Crippen molar-refractivity contribution in [3.05, 3.63) is 64.1 Å². The number of carbonyl (C=O) groups excluding carboxylic acids is 1. The third-order valence-electron chi connectivity index (χ3n) is 6.83. The average molecular weight is 562 g/mol. The predicted octanol–water partition coefficient (Wildman–Crippen LogP) is 3.32. The molecule has 2 N–H and O–H groups in total. The number of amidine groups is 1.